The fraction of sp³-hybridized carbons (Fsp3) is 0.679. The van der Waals surface area contributed by atoms with Crippen molar-refractivity contribution in [1.29, 1.82) is 0 Å². The summed E-state index contributed by atoms with van der Waals surface area (Å²) in [4.78, 5) is 6.31. The number of hydrogen-bond donors (Lipinski definition) is 0. The van der Waals surface area contributed by atoms with Gasteiger partial charge in [-0.05, 0) is 73.6 Å². The van der Waals surface area contributed by atoms with Gasteiger partial charge in [0, 0.05) is 102 Å². The minimum Gasteiger partial charge on any atom is -0.140 e. The van der Waals surface area contributed by atoms with E-state index in [0.717, 1.165) is 11.8 Å². The average molecular weight is 1140 g/mol. The summed E-state index contributed by atoms with van der Waals surface area (Å²) in [5.74, 6) is 1.58. The molecule has 0 amide bonds. The van der Waals surface area contributed by atoms with Gasteiger partial charge in [0.25, 0.3) is 0 Å². The van der Waals surface area contributed by atoms with Gasteiger partial charge in [-0.3, -0.25) is 0 Å². The monoisotopic (exact) mass is 1140 g/mol. The van der Waals surface area contributed by atoms with Gasteiger partial charge in [-0.15, -0.1) is 22.7 Å². The van der Waals surface area contributed by atoms with Crippen LogP contribution < -0.4 is 0 Å². The van der Waals surface area contributed by atoms with E-state index in [9.17, 15) is 0 Å². The molecule has 0 N–H and O–H groups in total. The normalized spacial score (nSPS) is 12.0. The van der Waals surface area contributed by atoms with Crippen molar-refractivity contribution in [2.45, 2.75) is 240 Å². The van der Waals surface area contributed by atoms with E-state index in [2.05, 4.69) is 98.5 Å². The predicted molar refractivity (Wildman–Crippen MR) is 305 cm³/mol. The maximum absolute atomic E-state index is 3.66. The molecule has 0 bridgehead atoms. The van der Waals surface area contributed by atoms with E-state index in [0.29, 0.717) is 0 Å². The topological polar surface area (TPSA) is 0 Å². The third kappa shape index (κ3) is 19.3. The molecule has 0 aliphatic carbocycles. The molecule has 1 aromatic carbocycles. The van der Waals surface area contributed by atoms with Crippen molar-refractivity contribution in [3.8, 4) is 20.9 Å². The minimum absolute atomic E-state index is 0. The molecule has 4 heterocycles. The number of fused-ring (bicyclic) bond motifs is 2. The number of benzene rings is 1. The predicted octanol–water partition coefficient (Wildman–Crippen LogP) is 20.3. The number of unbranched alkanes of at least 4 members (excludes halogenated alkanes) is 12. The van der Waals surface area contributed by atoms with Gasteiger partial charge < -0.3 is 0 Å². The zero-order valence-corrected chi connectivity index (χ0v) is 45.0. The van der Waals surface area contributed by atoms with E-state index in [1.54, 1.807) is 20.9 Å². The SMILES string of the molecule is C.C.C.C.C.C.CCCCCCCCc1cc(-c2c3c(c(-c4cc(CCCCCCCC)c(CC(CC)CCCC)s4)c4c2=S=C=C4)=S=C=C3)sc1CC(CC)CCCC.[Sn].[Sn]. The van der Waals surface area contributed by atoms with E-state index >= 15 is 0 Å². The van der Waals surface area contributed by atoms with Crippen LogP contribution in [0.1, 0.15) is 247 Å². The van der Waals surface area contributed by atoms with Gasteiger partial charge in [0.15, 0.2) is 0 Å². The van der Waals surface area contributed by atoms with Crippen LogP contribution in [0.2, 0.25) is 0 Å². The molecule has 0 saturated carbocycles. The molecule has 2 aliphatic heterocycles. The zero-order valence-electron chi connectivity index (χ0n) is 36.1. The van der Waals surface area contributed by atoms with Gasteiger partial charge in [0.2, 0.25) is 0 Å². The largest absolute Gasteiger partial charge is 0.140 e. The summed E-state index contributed by atoms with van der Waals surface area (Å²) in [5.41, 5.74) is 9.03. The van der Waals surface area contributed by atoms with Crippen LogP contribution in [-0.4, -0.2) is 57.9 Å². The zero-order chi connectivity index (χ0) is 38.1. The molecule has 2 aliphatic rings. The van der Waals surface area contributed by atoms with E-state index < -0.39 is 0 Å². The van der Waals surface area contributed by atoms with E-state index in [4.69, 9.17) is 0 Å². The molecule has 0 saturated heterocycles. The first-order valence-corrected chi connectivity index (χ1v) is 25.8. The molecule has 2 aromatic heterocycles. The Morgan fingerprint density at radius 2 is 0.790 bits per heavy atom. The third-order valence-corrected chi connectivity index (χ3v) is 16.3. The van der Waals surface area contributed by atoms with Crippen molar-refractivity contribution in [2.24, 2.45) is 11.8 Å². The van der Waals surface area contributed by atoms with Gasteiger partial charge in [0.1, 0.15) is 0 Å². The second-order valence-corrected chi connectivity index (χ2v) is 20.3. The third-order valence-electron chi connectivity index (χ3n) is 12.1. The summed E-state index contributed by atoms with van der Waals surface area (Å²) in [6.07, 6.45) is 36.5. The molecular weight excluding hydrogens is 1040 g/mol. The first kappa shape index (κ1) is 68.5. The fourth-order valence-electron chi connectivity index (χ4n) is 8.56. The van der Waals surface area contributed by atoms with Crippen molar-refractivity contribution < 1.29 is 0 Å². The average Bonchev–Trinajstić information content (AvgIpc) is 4.01. The smallest absolute Gasteiger partial charge is 0.0533 e. The van der Waals surface area contributed by atoms with Gasteiger partial charge in [-0.2, -0.15) is 0 Å². The van der Waals surface area contributed by atoms with Crippen LogP contribution in [0, 0.1) is 20.9 Å². The Hall–Kier alpha value is -0.0426. The molecule has 6 heteroatoms. The molecule has 0 fully saturated rings. The second kappa shape index (κ2) is 38.0. The van der Waals surface area contributed by atoms with Crippen molar-refractivity contribution in [3.05, 3.63) is 53.2 Å². The summed E-state index contributed by atoms with van der Waals surface area (Å²) in [6.45, 7) is 14.2. The van der Waals surface area contributed by atoms with Gasteiger partial charge in [-0.25, -0.2) is 0 Å². The summed E-state index contributed by atoms with van der Waals surface area (Å²) in [7, 11) is 3.69. The molecule has 3 aromatic rings. The van der Waals surface area contributed by atoms with Gasteiger partial charge in [0.05, 0.1) is 9.02 Å². The minimum atomic E-state index is 0. The van der Waals surface area contributed by atoms with E-state index in [-0.39, 0.29) is 92.4 Å². The van der Waals surface area contributed by atoms with Crippen molar-refractivity contribution in [3.63, 3.8) is 0 Å². The van der Waals surface area contributed by atoms with Crippen LogP contribution >= 0.6 is 44.6 Å². The summed E-state index contributed by atoms with van der Waals surface area (Å²) >= 11 is 4.25. The number of thiophene rings is 2. The first-order chi connectivity index (χ1) is 26.6. The van der Waals surface area contributed by atoms with Crippen molar-refractivity contribution >= 4 is 115 Å². The van der Waals surface area contributed by atoms with E-state index in [1.165, 1.54) is 195 Å². The quantitative estimate of drug-likeness (QED) is 0.0266. The Balaban J connectivity index is -0.00000210. The number of hydrogen-bond acceptors (Lipinski definition) is 2. The Morgan fingerprint density at radius 3 is 1.13 bits per heavy atom. The van der Waals surface area contributed by atoms with Crippen LogP contribution in [0.5, 0.6) is 0 Å². The summed E-state index contributed by atoms with van der Waals surface area (Å²) < 4.78 is 2.87. The molecule has 2 unspecified atom stereocenters. The molecule has 62 heavy (non-hydrogen) atoms. The fourth-order valence-corrected chi connectivity index (χ4v) is 13.3. The van der Waals surface area contributed by atoms with E-state index in [1.807, 2.05) is 21.9 Å². The molecule has 5 rings (SSSR count). The number of aryl methyl sites for hydroxylation is 2. The van der Waals surface area contributed by atoms with Crippen molar-refractivity contribution in [2.75, 3.05) is 0 Å². The molecular formula is C56H96S4Sn2. The Bertz CT molecular complexity index is 1780. The Morgan fingerprint density at radius 1 is 0.452 bits per heavy atom. The molecule has 0 nitrogen and oxygen atoms in total. The maximum Gasteiger partial charge on any atom is 0.0533 e. The maximum atomic E-state index is 3.66. The second-order valence-electron chi connectivity index (χ2n) is 16.4. The van der Waals surface area contributed by atoms with Gasteiger partial charge in [-0.1, -0.05) is 234 Å². The van der Waals surface area contributed by atoms with Crippen molar-refractivity contribution in [1.82, 2.24) is 0 Å². The first-order valence-electron chi connectivity index (χ1n) is 22.5. The standard InChI is InChI=1S/C50H72S4.6CH4.2Sn/c1-7-13-17-19-21-23-27-39-35-45(53-43(39)33-37(11-5)25-15-9-3)47-41-29-31-52-50(41)48(42-30-32-51-49(42)47)46-36-40(28-24-22-20-18-14-8-2)44(54-46)34-38(12-6)26-16-10-4;;;;;;;;/h29-30,35-38H,7-28,33-34H2,1-6H3;6*1H4;;. The van der Waals surface area contributed by atoms with Crippen LogP contribution in [0.15, 0.2) is 12.1 Å². The van der Waals surface area contributed by atoms with Crippen LogP contribution in [0.4, 0.5) is 0 Å². The molecule has 352 valence electrons. The summed E-state index contributed by atoms with van der Waals surface area (Å²) in [6, 6.07) is 5.26. The Kier molecular flexibility index (Phi) is 42.0. The van der Waals surface area contributed by atoms with Gasteiger partial charge >= 0.3 is 0 Å². The Labute approximate surface area is 436 Å². The molecule has 8 radical (unpaired) electrons. The van der Waals surface area contributed by atoms with Crippen LogP contribution in [0.25, 0.3) is 33.0 Å². The molecule has 0 spiro atoms. The van der Waals surface area contributed by atoms with Crippen LogP contribution in [0.3, 0.4) is 0 Å². The number of rotatable bonds is 28. The summed E-state index contributed by atoms with van der Waals surface area (Å²) in [5, 5.41) is 7.31. The molecule has 2 atom stereocenters. The van der Waals surface area contributed by atoms with Crippen LogP contribution in [-0.2, 0) is 25.7 Å².